The van der Waals surface area contributed by atoms with Crippen molar-refractivity contribution in [1.29, 1.82) is 5.26 Å². The summed E-state index contributed by atoms with van der Waals surface area (Å²) in [6, 6.07) is 14.7. The van der Waals surface area contributed by atoms with Gasteiger partial charge in [0.15, 0.2) is 9.84 Å². The van der Waals surface area contributed by atoms with Crippen molar-refractivity contribution in [3.05, 3.63) is 58.1 Å². The summed E-state index contributed by atoms with van der Waals surface area (Å²) >= 11 is 3.47. The van der Waals surface area contributed by atoms with Gasteiger partial charge in [-0.25, -0.2) is 8.42 Å². The number of hydrogen-bond donors (Lipinski definition) is 0. The number of benzene rings is 2. The van der Waals surface area contributed by atoms with Crippen molar-refractivity contribution in [2.45, 2.75) is 18.2 Å². The van der Waals surface area contributed by atoms with Crippen LogP contribution in [-0.4, -0.2) is 45.8 Å². The van der Waals surface area contributed by atoms with E-state index >= 15 is 0 Å². The van der Waals surface area contributed by atoms with Crippen LogP contribution >= 0.6 is 15.9 Å². The first-order valence-electron chi connectivity index (χ1n) is 9.59. The second-order valence-electron chi connectivity index (χ2n) is 7.76. The van der Waals surface area contributed by atoms with Crippen molar-refractivity contribution in [3.63, 3.8) is 0 Å². The molecular weight excluding hydrogens is 452 g/mol. The Kier molecular flexibility index (Phi) is 6.99. The number of rotatable bonds is 7. The highest BCUT2D eigenvalue weighted by molar-refractivity contribution is 9.10. The summed E-state index contributed by atoms with van der Waals surface area (Å²) in [5, 5.41) is 9.12. The van der Waals surface area contributed by atoms with E-state index in [9.17, 15) is 8.42 Å². The van der Waals surface area contributed by atoms with E-state index in [-0.39, 0.29) is 0 Å². The molecule has 1 fully saturated rings. The Balaban J connectivity index is 1.51. The average molecular weight is 477 g/mol. The third-order valence-electron chi connectivity index (χ3n) is 5.36. The Bertz CT molecular complexity index is 1000. The van der Waals surface area contributed by atoms with E-state index in [1.165, 1.54) is 6.26 Å². The van der Waals surface area contributed by atoms with Gasteiger partial charge in [0, 0.05) is 36.3 Å². The van der Waals surface area contributed by atoms with Gasteiger partial charge in [-0.3, -0.25) is 0 Å². The van der Waals surface area contributed by atoms with E-state index < -0.39 is 9.84 Å². The summed E-state index contributed by atoms with van der Waals surface area (Å²) in [5.74, 6) is 1.66. The minimum atomic E-state index is -3.19. The first-order valence-corrected chi connectivity index (χ1v) is 12.3. The fourth-order valence-electron chi connectivity index (χ4n) is 3.67. The average Bonchev–Trinajstić information content (AvgIpc) is 3.03. The van der Waals surface area contributed by atoms with Crippen LogP contribution in [0.15, 0.2) is 51.8 Å². The Hall–Kier alpha value is -1.88. The van der Waals surface area contributed by atoms with Crippen molar-refractivity contribution in [3.8, 4) is 11.8 Å². The zero-order valence-electron chi connectivity index (χ0n) is 16.6. The van der Waals surface area contributed by atoms with Crippen LogP contribution in [0, 0.1) is 23.2 Å². The van der Waals surface area contributed by atoms with E-state index in [4.69, 9.17) is 10.00 Å². The smallest absolute Gasteiger partial charge is 0.175 e. The first-order chi connectivity index (χ1) is 13.7. The van der Waals surface area contributed by atoms with E-state index in [1.807, 2.05) is 12.1 Å². The Morgan fingerprint density at radius 3 is 2.59 bits per heavy atom. The molecule has 29 heavy (non-hydrogen) atoms. The fourth-order valence-corrected chi connectivity index (χ4v) is 4.85. The minimum Gasteiger partial charge on any atom is -0.493 e. The number of sulfone groups is 1. The van der Waals surface area contributed by atoms with E-state index in [1.54, 1.807) is 24.3 Å². The molecule has 0 radical (unpaired) electrons. The van der Waals surface area contributed by atoms with E-state index in [0.29, 0.717) is 34.7 Å². The summed E-state index contributed by atoms with van der Waals surface area (Å²) in [5.41, 5.74) is 1.84. The third kappa shape index (κ3) is 6.05. The van der Waals surface area contributed by atoms with Crippen LogP contribution in [0.5, 0.6) is 5.75 Å². The predicted molar refractivity (Wildman–Crippen MR) is 117 cm³/mol. The van der Waals surface area contributed by atoms with Crippen LogP contribution in [-0.2, 0) is 16.3 Å². The Labute approximate surface area is 181 Å². The molecule has 7 heteroatoms. The molecule has 2 aromatic carbocycles. The summed E-state index contributed by atoms with van der Waals surface area (Å²) in [6.07, 6.45) is 2.11. The number of ether oxygens (including phenoxy) is 1. The lowest BCUT2D eigenvalue weighted by Crippen LogP contribution is -2.24. The van der Waals surface area contributed by atoms with Gasteiger partial charge in [0.2, 0.25) is 0 Å². The van der Waals surface area contributed by atoms with Gasteiger partial charge in [-0.15, -0.1) is 0 Å². The molecule has 0 N–H and O–H groups in total. The van der Waals surface area contributed by atoms with Crippen molar-refractivity contribution in [1.82, 2.24) is 4.90 Å². The number of halogens is 1. The van der Waals surface area contributed by atoms with Crippen molar-refractivity contribution < 1.29 is 13.2 Å². The molecule has 0 aromatic heterocycles. The van der Waals surface area contributed by atoms with E-state index in [2.05, 4.69) is 39.9 Å². The Morgan fingerprint density at radius 1 is 1.21 bits per heavy atom. The maximum Gasteiger partial charge on any atom is 0.175 e. The monoisotopic (exact) mass is 476 g/mol. The highest BCUT2D eigenvalue weighted by atomic mass is 79.9. The zero-order chi connectivity index (χ0) is 21.0. The van der Waals surface area contributed by atoms with E-state index in [0.717, 1.165) is 36.1 Å². The quantitative estimate of drug-likeness (QED) is 0.605. The molecule has 0 spiro atoms. The topological polar surface area (TPSA) is 70.4 Å². The lowest BCUT2D eigenvalue weighted by molar-refractivity contribution is 0.225. The molecule has 0 bridgehead atoms. The largest absolute Gasteiger partial charge is 0.493 e. The second-order valence-corrected chi connectivity index (χ2v) is 10.7. The van der Waals surface area contributed by atoms with Crippen LogP contribution in [0.4, 0.5) is 0 Å². The summed E-state index contributed by atoms with van der Waals surface area (Å²) in [7, 11) is -3.19. The van der Waals surface area contributed by atoms with Crippen LogP contribution in [0.1, 0.15) is 18.1 Å². The highest BCUT2D eigenvalue weighted by Gasteiger charge is 2.29. The lowest BCUT2D eigenvalue weighted by atomic mass is 9.99. The number of likely N-dealkylation sites (tertiary alicyclic amines) is 1. The lowest BCUT2D eigenvalue weighted by Gasteiger charge is -2.17. The number of hydrogen-bond acceptors (Lipinski definition) is 5. The maximum absolute atomic E-state index is 11.5. The summed E-state index contributed by atoms with van der Waals surface area (Å²) < 4.78 is 29.9. The second kappa shape index (κ2) is 9.29. The molecule has 1 heterocycles. The molecule has 0 aliphatic carbocycles. The molecule has 0 amide bonds. The fraction of sp³-hybridized carbons (Fsp3) is 0.409. The molecule has 2 unspecified atom stereocenters. The molecule has 3 rings (SSSR count). The predicted octanol–water partition coefficient (Wildman–Crippen LogP) is 3.91. The zero-order valence-corrected chi connectivity index (χ0v) is 19.0. The van der Waals surface area contributed by atoms with Gasteiger partial charge < -0.3 is 9.64 Å². The highest BCUT2D eigenvalue weighted by Crippen LogP contribution is 2.25. The molecule has 5 nitrogen and oxygen atoms in total. The third-order valence-corrected chi connectivity index (χ3v) is 6.95. The summed E-state index contributed by atoms with van der Waals surface area (Å²) in [4.78, 5) is 2.75. The molecule has 1 aliphatic rings. The van der Waals surface area contributed by atoms with Gasteiger partial charge in [0.1, 0.15) is 5.75 Å². The molecule has 2 atom stereocenters. The van der Waals surface area contributed by atoms with Crippen LogP contribution in [0.2, 0.25) is 0 Å². The SMILES string of the molecule is CC1CN(CCc2cc(Br)cc(C#N)c2)CC1COc1ccc(S(C)(=O)=O)cc1. The van der Waals surface area contributed by atoms with Gasteiger partial charge in [0.25, 0.3) is 0 Å². The van der Waals surface area contributed by atoms with Crippen LogP contribution in [0.3, 0.4) is 0 Å². The van der Waals surface area contributed by atoms with Gasteiger partial charge in [0.05, 0.1) is 23.1 Å². The molecule has 0 saturated carbocycles. The van der Waals surface area contributed by atoms with Crippen LogP contribution in [0.25, 0.3) is 0 Å². The van der Waals surface area contributed by atoms with Crippen molar-refractivity contribution in [2.75, 3.05) is 32.5 Å². The standard InChI is InChI=1S/C22H25BrN2O3S/c1-16-13-25(8-7-17-9-18(12-24)11-20(23)10-17)14-19(16)15-28-21-3-5-22(6-4-21)29(2,26)27/h3-6,9-11,16,19H,7-8,13-15H2,1-2H3. The van der Waals surface area contributed by atoms with Gasteiger partial charge in [-0.2, -0.15) is 5.26 Å². The number of nitriles is 1. The molecular formula is C22H25BrN2O3S. The van der Waals surface area contributed by atoms with Crippen molar-refractivity contribution >= 4 is 25.8 Å². The summed E-state index contributed by atoms with van der Waals surface area (Å²) in [6.45, 7) is 5.81. The van der Waals surface area contributed by atoms with Gasteiger partial charge in [-0.1, -0.05) is 22.9 Å². The Morgan fingerprint density at radius 2 is 1.93 bits per heavy atom. The van der Waals surface area contributed by atoms with Crippen molar-refractivity contribution in [2.24, 2.45) is 11.8 Å². The van der Waals surface area contributed by atoms with Crippen LogP contribution < -0.4 is 4.74 Å². The maximum atomic E-state index is 11.5. The van der Waals surface area contributed by atoms with Gasteiger partial charge >= 0.3 is 0 Å². The molecule has 1 aliphatic heterocycles. The number of nitrogens with zero attached hydrogens (tertiary/aromatic N) is 2. The normalized spacial score (nSPS) is 19.8. The first kappa shape index (κ1) is 21.8. The van der Waals surface area contributed by atoms with Gasteiger partial charge in [-0.05, 0) is 60.4 Å². The molecule has 1 saturated heterocycles. The molecule has 154 valence electrons. The molecule has 2 aromatic rings. The minimum absolute atomic E-state index is 0.303.